The van der Waals surface area contributed by atoms with Crippen molar-refractivity contribution < 1.29 is 14.3 Å². The summed E-state index contributed by atoms with van der Waals surface area (Å²) < 4.78 is 10.5. The van der Waals surface area contributed by atoms with E-state index in [-0.39, 0.29) is 5.91 Å². The lowest BCUT2D eigenvalue weighted by atomic mass is 10.1. The fraction of sp³-hybridized carbons (Fsp3) is 0.529. The number of hydrogen-bond acceptors (Lipinski definition) is 6. The largest absolute Gasteiger partial charge is 0.378 e. The summed E-state index contributed by atoms with van der Waals surface area (Å²) >= 11 is 0. The molecule has 0 aliphatic carbocycles. The topological polar surface area (TPSA) is 101 Å². The predicted molar refractivity (Wildman–Crippen MR) is 93.1 cm³/mol. The van der Waals surface area contributed by atoms with Crippen LogP contribution < -0.4 is 16.0 Å². The SMILES string of the molecule is CCN(C)c1ccc(C(=O)NCCOCCOCCN)cc1C#N. The number of rotatable bonds is 11. The van der Waals surface area contributed by atoms with Gasteiger partial charge in [-0.25, -0.2) is 0 Å². The Balaban J connectivity index is 2.41. The number of carbonyl (C=O) groups excluding carboxylic acids is 1. The van der Waals surface area contributed by atoms with Crippen molar-refractivity contribution in [3.63, 3.8) is 0 Å². The van der Waals surface area contributed by atoms with Gasteiger partial charge >= 0.3 is 0 Å². The smallest absolute Gasteiger partial charge is 0.251 e. The van der Waals surface area contributed by atoms with Gasteiger partial charge in [0.15, 0.2) is 0 Å². The first-order valence-corrected chi connectivity index (χ1v) is 8.03. The first kappa shape index (κ1) is 19.9. The number of anilines is 1. The van der Waals surface area contributed by atoms with Gasteiger partial charge in [-0.2, -0.15) is 5.26 Å². The Morgan fingerprint density at radius 1 is 1.29 bits per heavy atom. The normalized spacial score (nSPS) is 10.2. The Bertz CT molecular complexity index is 557. The molecule has 0 fully saturated rings. The highest BCUT2D eigenvalue weighted by molar-refractivity contribution is 5.95. The van der Waals surface area contributed by atoms with Crippen molar-refractivity contribution in [2.24, 2.45) is 5.73 Å². The fourth-order valence-electron chi connectivity index (χ4n) is 2.01. The minimum atomic E-state index is -0.222. The summed E-state index contributed by atoms with van der Waals surface area (Å²) in [6.07, 6.45) is 0. The first-order chi connectivity index (χ1) is 11.6. The molecule has 0 saturated heterocycles. The minimum Gasteiger partial charge on any atom is -0.378 e. The molecule has 0 heterocycles. The molecule has 7 nitrogen and oxygen atoms in total. The molecule has 0 spiro atoms. The molecule has 0 aliphatic heterocycles. The quantitative estimate of drug-likeness (QED) is 0.579. The molecular formula is C17H26N4O3. The van der Waals surface area contributed by atoms with Gasteiger partial charge in [0, 0.05) is 32.2 Å². The standard InChI is InChI=1S/C17H26N4O3/c1-3-21(2)16-5-4-14(12-15(16)13-19)17(22)20-7-9-24-11-10-23-8-6-18/h4-5,12H,3,6-11,18H2,1-2H3,(H,20,22). The van der Waals surface area contributed by atoms with Gasteiger partial charge < -0.3 is 25.4 Å². The van der Waals surface area contributed by atoms with Gasteiger partial charge in [-0.15, -0.1) is 0 Å². The van der Waals surface area contributed by atoms with E-state index in [4.69, 9.17) is 15.2 Å². The summed E-state index contributed by atoms with van der Waals surface area (Å²) in [6.45, 7) is 5.55. The molecule has 1 aromatic rings. The highest BCUT2D eigenvalue weighted by Crippen LogP contribution is 2.20. The number of nitrogens with one attached hydrogen (secondary N) is 1. The van der Waals surface area contributed by atoms with Crippen molar-refractivity contribution in [3.05, 3.63) is 29.3 Å². The summed E-state index contributed by atoms with van der Waals surface area (Å²) in [5.74, 6) is -0.222. The number of carbonyl (C=O) groups is 1. The molecule has 0 saturated carbocycles. The maximum absolute atomic E-state index is 12.1. The predicted octanol–water partition coefficient (Wildman–Crippen LogP) is 0.736. The van der Waals surface area contributed by atoms with Gasteiger partial charge in [0.05, 0.1) is 37.7 Å². The van der Waals surface area contributed by atoms with Gasteiger partial charge in [-0.05, 0) is 25.1 Å². The van der Waals surface area contributed by atoms with Gasteiger partial charge in [-0.3, -0.25) is 4.79 Å². The third-order valence-corrected chi connectivity index (χ3v) is 3.43. The Hall–Kier alpha value is -2.14. The van der Waals surface area contributed by atoms with E-state index >= 15 is 0 Å². The van der Waals surface area contributed by atoms with E-state index in [0.29, 0.717) is 50.6 Å². The fourth-order valence-corrected chi connectivity index (χ4v) is 2.01. The molecule has 1 rings (SSSR count). The molecular weight excluding hydrogens is 308 g/mol. The monoisotopic (exact) mass is 334 g/mol. The molecule has 7 heteroatoms. The summed E-state index contributed by atoms with van der Waals surface area (Å²) in [7, 11) is 1.91. The second-order valence-corrected chi connectivity index (χ2v) is 5.13. The van der Waals surface area contributed by atoms with Crippen LogP contribution in [0.5, 0.6) is 0 Å². The second-order valence-electron chi connectivity index (χ2n) is 5.13. The molecule has 0 atom stereocenters. The van der Waals surface area contributed by atoms with Crippen LogP contribution in [0.3, 0.4) is 0 Å². The Morgan fingerprint density at radius 2 is 2.00 bits per heavy atom. The molecule has 1 aromatic carbocycles. The van der Waals surface area contributed by atoms with Gasteiger partial charge in [-0.1, -0.05) is 0 Å². The van der Waals surface area contributed by atoms with Crippen LogP contribution in [-0.2, 0) is 9.47 Å². The third-order valence-electron chi connectivity index (χ3n) is 3.43. The van der Waals surface area contributed by atoms with E-state index in [0.717, 1.165) is 12.2 Å². The number of amides is 1. The Kier molecular flexibility index (Phi) is 9.46. The number of hydrogen-bond donors (Lipinski definition) is 2. The summed E-state index contributed by atoms with van der Waals surface area (Å²) in [6, 6.07) is 7.26. The Morgan fingerprint density at radius 3 is 2.62 bits per heavy atom. The minimum absolute atomic E-state index is 0.222. The molecule has 0 unspecified atom stereocenters. The Labute approximate surface area is 143 Å². The van der Waals surface area contributed by atoms with Crippen LogP contribution >= 0.6 is 0 Å². The molecule has 0 radical (unpaired) electrons. The van der Waals surface area contributed by atoms with E-state index < -0.39 is 0 Å². The highest BCUT2D eigenvalue weighted by atomic mass is 16.5. The van der Waals surface area contributed by atoms with Crippen molar-refractivity contribution in [2.45, 2.75) is 6.92 Å². The van der Waals surface area contributed by atoms with E-state index in [1.807, 2.05) is 18.9 Å². The van der Waals surface area contributed by atoms with Crippen LogP contribution in [-0.4, -0.2) is 59.0 Å². The summed E-state index contributed by atoms with van der Waals surface area (Å²) in [5, 5.41) is 12.0. The maximum atomic E-state index is 12.1. The van der Waals surface area contributed by atoms with Crippen molar-refractivity contribution in [2.75, 3.05) is 58.0 Å². The number of nitrogens with zero attached hydrogens (tertiary/aromatic N) is 2. The lowest BCUT2D eigenvalue weighted by Gasteiger charge is -2.18. The van der Waals surface area contributed by atoms with Crippen LogP contribution in [0.2, 0.25) is 0 Å². The molecule has 3 N–H and O–H groups in total. The van der Waals surface area contributed by atoms with Crippen LogP contribution in [0, 0.1) is 11.3 Å². The lowest BCUT2D eigenvalue weighted by molar-refractivity contribution is 0.0511. The zero-order valence-electron chi connectivity index (χ0n) is 14.4. The molecule has 1 amide bonds. The average molecular weight is 334 g/mol. The lowest BCUT2D eigenvalue weighted by Crippen LogP contribution is -2.28. The van der Waals surface area contributed by atoms with E-state index in [1.54, 1.807) is 18.2 Å². The van der Waals surface area contributed by atoms with Gasteiger partial charge in [0.2, 0.25) is 0 Å². The molecule has 0 aliphatic rings. The molecule has 0 aromatic heterocycles. The van der Waals surface area contributed by atoms with Crippen molar-refractivity contribution in [3.8, 4) is 6.07 Å². The van der Waals surface area contributed by atoms with Crippen LogP contribution in [0.4, 0.5) is 5.69 Å². The summed E-state index contributed by atoms with van der Waals surface area (Å²) in [4.78, 5) is 14.1. The van der Waals surface area contributed by atoms with Crippen LogP contribution in [0.25, 0.3) is 0 Å². The van der Waals surface area contributed by atoms with Crippen LogP contribution in [0.1, 0.15) is 22.8 Å². The molecule has 0 bridgehead atoms. The third kappa shape index (κ3) is 6.54. The number of nitrogens with two attached hydrogens (primary N) is 1. The summed E-state index contributed by atoms with van der Waals surface area (Å²) in [5.41, 5.74) is 7.07. The number of ether oxygens (including phenoxy) is 2. The van der Waals surface area contributed by atoms with E-state index in [9.17, 15) is 10.1 Å². The molecule has 24 heavy (non-hydrogen) atoms. The zero-order chi connectivity index (χ0) is 17.8. The zero-order valence-corrected chi connectivity index (χ0v) is 14.4. The van der Waals surface area contributed by atoms with Gasteiger partial charge in [0.25, 0.3) is 5.91 Å². The number of nitriles is 1. The van der Waals surface area contributed by atoms with Gasteiger partial charge in [0.1, 0.15) is 6.07 Å². The van der Waals surface area contributed by atoms with Crippen molar-refractivity contribution in [1.82, 2.24) is 5.32 Å². The van der Waals surface area contributed by atoms with E-state index in [1.165, 1.54) is 0 Å². The second kappa shape index (κ2) is 11.4. The first-order valence-electron chi connectivity index (χ1n) is 8.03. The highest BCUT2D eigenvalue weighted by Gasteiger charge is 2.11. The van der Waals surface area contributed by atoms with Crippen LogP contribution in [0.15, 0.2) is 18.2 Å². The number of benzene rings is 1. The maximum Gasteiger partial charge on any atom is 0.251 e. The van der Waals surface area contributed by atoms with Crippen molar-refractivity contribution in [1.29, 1.82) is 5.26 Å². The molecule has 132 valence electrons. The van der Waals surface area contributed by atoms with Crippen molar-refractivity contribution >= 4 is 11.6 Å². The average Bonchev–Trinajstić information content (AvgIpc) is 2.62. The van der Waals surface area contributed by atoms with E-state index in [2.05, 4.69) is 11.4 Å².